The number of para-hydroxylation sites is 1. The van der Waals surface area contributed by atoms with Gasteiger partial charge in [-0.15, -0.1) is 0 Å². The maximum atomic E-state index is 11.7. The molecule has 2 aromatic rings. The topological polar surface area (TPSA) is 47.6 Å². The van der Waals surface area contributed by atoms with E-state index in [2.05, 4.69) is 5.32 Å². The van der Waals surface area contributed by atoms with Crippen molar-refractivity contribution >= 4 is 23.3 Å². The zero-order valence-electron chi connectivity index (χ0n) is 13.3. The van der Waals surface area contributed by atoms with Gasteiger partial charge >= 0.3 is 5.97 Å². The van der Waals surface area contributed by atoms with E-state index in [0.29, 0.717) is 29.4 Å². The second kappa shape index (κ2) is 8.44. The van der Waals surface area contributed by atoms with E-state index < -0.39 is 5.97 Å². The zero-order chi connectivity index (χ0) is 16.7. The molecule has 0 saturated heterocycles. The Morgan fingerprint density at radius 2 is 2.00 bits per heavy atom. The van der Waals surface area contributed by atoms with Crippen molar-refractivity contribution < 1.29 is 14.3 Å². The number of hydrogen-bond acceptors (Lipinski definition) is 4. The van der Waals surface area contributed by atoms with Crippen LogP contribution in [0.1, 0.15) is 22.3 Å². The Hall–Kier alpha value is -2.20. The molecule has 0 spiro atoms. The molecule has 0 aromatic heterocycles. The standard InChI is InChI=1S/C18H20ClNO3/c1-13-6-3-7-14(12-13)23-11-5-10-20-17-15(18(21)22-2)8-4-9-16(17)19/h3-4,6-9,12,20H,5,10-11H2,1-2H3. The Balaban J connectivity index is 1.86. The molecule has 0 fully saturated rings. The highest BCUT2D eigenvalue weighted by molar-refractivity contribution is 6.34. The third-order valence-corrected chi connectivity index (χ3v) is 3.62. The van der Waals surface area contributed by atoms with E-state index in [9.17, 15) is 4.79 Å². The van der Waals surface area contributed by atoms with Crippen LogP contribution in [-0.2, 0) is 4.74 Å². The summed E-state index contributed by atoms with van der Waals surface area (Å²) in [5, 5.41) is 3.67. The molecular formula is C18H20ClNO3. The van der Waals surface area contributed by atoms with E-state index in [4.69, 9.17) is 21.1 Å². The van der Waals surface area contributed by atoms with Crippen molar-refractivity contribution in [2.45, 2.75) is 13.3 Å². The Morgan fingerprint density at radius 1 is 1.22 bits per heavy atom. The maximum Gasteiger partial charge on any atom is 0.340 e. The van der Waals surface area contributed by atoms with Crippen LogP contribution in [0, 0.1) is 6.92 Å². The molecule has 1 N–H and O–H groups in total. The molecule has 0 unspecified atom stereocenters. The third kappa shape index (κ3) is 4.89. The monoisotopic (exact) mass is 333 g/mol. The first-order valence-electron chi connectivity index (χ1n) is 7.42. The molecule has 0 amide bonds. The molecule has 4 nitrogen and oxygen atoms in total. The number of esters is 1. The number of nitrogens with one attached hydrogen (secondary N) is 1. The molecule has 0 saturated carbocycles. The van der Waals surface area contributed by atoms with Gasteiger partial charge in [0.1, 0.15) is 5.75 Å². The lowest BCUT2D eigenvalue weighted by molar-refractivity contribution is 0.0602. The highest BCUT2D eigenvalue weighted by atomic mass is 35.5. The molecule has 0 radical (unpaired) electrons. The molecular weight excluding hydrogens is 314 g/mol. The minimum Gasteiger partial charge on any atom is -0.494 e. The molecule has 2 aromatic carbocycles. The molecule has 5 heteroatoms. The molecule has 23 heavy (non-hydrogen) atoms. The summed E-state index contributed by atoms with van der Waals surface area (Å²) >= 11 is 6.16. The van der Waals surface area contributed by atoms with Gasteiger partial charge in [-0.25, -0.2) is 4.79 Å². The van der Waals surface area contributed by atoms with Gasteiger partial charge in [0.15, 0.2) is 0 Å². The minimum absolute atomic E-state index is 0.411. The highest BCUT2D eigenvalue weighted by Gasteiger charge is 2.13. The van der Waals surface area contributed by atoms with E-state index in [0.717, 1.165) is 12.2 Å². The van der Waals surface area contributed by atoms with Gasteiger partial charge in [0.25, 0.3) is 0 Å². The summed E-state index contributed by atoms with van der Waals surface area (Å²) in [6.07, 6.45) is 0.778. The van der Waals surface area contributed by atoms with Crippen LogP contribution in [0.15, 0.2) is 42.5 Å². The minimum atomic E-state index is -0.411. The van der Waals surface area contributed by atoms with Crippen molar-refractivity contribution in [3.05, 3.63) is 58.6 Å². The van der Waals surface area contributed by atoms with Crippen molar-refractivity contribution in [2.75, 3.05) is 25.6 Å². The lowest BCUT2D eigenvalue weighted by Crippen LogP contribution is -2.12. The van der Waals surface area contributed by atoms with Gasteiger partial charge in [-0.1, -0.05) is 29.8 Å². The van der Waals surface area contributed by atoms with Crippen molar-refractivity contribution in [2.24, 2.45) is 0 Å². The summed E-state index contributed by atoms with van der Waals surface area (Å²) < 4.78 is 10.5. The molecule has 0 aliphatic carbocycles. The number of anilines is 1. The van der Waals surface area contributed by atoms with Crippen LogP contribution in [0.3, 0.4) is 0 Å². The molecule has 0 bridgehead atoms. The second-order valence-electron chi connectivity index (χ2n) is 5.10. The van der Waals surface area contributed by atoms with Crippen LogP contribution < -0.4 is 10.1 Å². The van der Waals surface area contributed by atoms with Gasteiger partial charge in [0.05, 0.1) is 30.0 Å². The van der Waals surface area contributed by atoms with Crippen molar-refractivity contribution in [1.82, 2.24) is 0 Å². The van der Waals surface area contributed by atoms with Gasteiger partial charge in [0, 0.05) is 6.54 Å². The fourth-order valence-electron chi connectivity index (χ4n) is 2.16. The number of methoxy groups -OCH3 is 1. The van der Waals surface area contributed by atoms with Crippen LogP contribution in [0.4, 0.5) is 5.69 Å². The Labute approximate surface area is 141 Å². The first-order chi connectivity index (χ1) is 11.1. The average Bonchev–Trinajstić information content (AvgIpc) is 2.55. The van der Waals surface area contributed by atoms with Crippen molar-refractivity contribution in [1.29, 1.82) is 0 Å². The second-order valence-corrected chi connectivity index (χ2v) is 5.51. The third-order valence-electron chi connectivity index (χ3n) is 3.30. The van der Waals surface area contributed by atoms with Crippen LogP contribution in [0.2, 0.25) is 5.02 Å². The van der Waals surface area contributed by atoms with E-state index in [1.54, 1.807) is 18.2 Å². The summed E-state index contributed by atoms with van der Waals surface area (Å²) in [7, 11) is 1.35. The fourth-order valence-corrected chi connectivity index (χ4v) is 2.41. The van der Waals surface area contributed by atoms with Crippen LogP contribution in [0.25, 0.3) is 0 Å². The van der Waals surface area contributed by atoms with Gasteiger partial charge < -0.3 is 14.8 Å². The van der Waals surface area contributed by atoms with Gasteiger partial charge in [0.2, 0.25) is 0 Å². The number of ether oxygens (including phenoxy) is 2. The number of rotatable bonds is 7. The Kier molecular flexibility index (Phi) is 6.29. The zero-order valence-corrected chi connectivity index (χ0v) is 14.0. The molecule has 0 heterocycles. The smallest absolute Gasteiger partial charge is 0.340 e. The van der Waals surface area contributed by atoms with E-state index in [1.165, 1.54) is 12.7 Å². The van der Waals surface area contributed by atoms with Crippen molar-refractivity contribution in [3.63, 3.8) is 0 Å². The van der Waals surface area contributed by atoms with Crippen molar-refractivity contribution in [3.8, 4) is 5.75 Å². The lowest BCUT2D eigenvalue weighted by atomic mass is 10.1. The van der Waals surface area contributed by atoms with Gasteiger partial charge in [-0.2, -0.15) is 0 Å². The van der Waals surface area contributed by atoms with E-state index >= 15 is 0 Å². The Bertz CT molecular complexity index is 673. The number of aryl methyl sites for hydroxylation is 1. The summed E-state index contributed by atoms with van der Waals surface area (Å²) in [5.41, 5.74) is 2.19. The molecule has 2 rings (SSSR count). The highest BCUT2D eigenvalue weighted by Crippen LogP contribution is 2.26. The molecule has 122 valence electrons. The lowest BCUT2D eigenvalue weighted by Gasteiger charge is -2.13. The van der Waals surface area contributed by atoms with Crippen LogP contribution >= 0.6 is 11.6 Å². The van der Waals surface area contributed by atoms with Gasteiger partial charge in [-0.3, -0.25) is 0 Å². The van der Waals surface area contributed by atoms with Crippen LogP contribution in [-0.4, -0.2) is 26.2 Å². The predicted octanol–water partition coefficient (Wildman–Crippen LogP) is 4.32. The summed E-state index contributed by atoms with van der Waals surface area (Å²) in [6.45, 7) is 3.24. The predicted molar refractivity (Wildman–Crippen MR) is 92.6 cm³/mol. The Morgan fingerprint density at radius 3 is 2.74 bits per heavy atom. The number of carbonyl (C=O) groups excluding carboxylic acids is 1. The quantitative estimate of drug-likeness (QED) is 0.605. The van der Waals surface area contributed by atoms with Crippen LogP contribution in [0.5, 0.6) is 5.75 Å². The summed E-state index contributed by atoms with van der Waals surface area (Å²) in [4.78, 5) is 11.7. The molecule has 0 aliphatic rings. The molecule has 0 aliphatic heterocycles. The molecule has 0 atom stereocenters. The van der Waals surface area contributed by atoms with E-state index in [-0.39, 0.29) is 0 Å². The number of hydrogen-bond donors (Lipinski definition) is 1. The maximum absolute atomic E-state index is 11.7. The fraction of sp³-hybridized carbons (Fsp3) is 0.278. The largest absolute Gasteiger partial charge is 0.494 e. The first-order valence-corrected chi connectivity index (χ1v) is 7.80. The number of halogens is 1. The van der Waals surface area contributed by atoms with E-state index in [1.807, 2.05) is 31.2 Å². The number of benzene rings is 2. The normalized spacial score (nSPS) is 10.2. The SMILES string of the molecule is COC(=O)c1cccc(Cl)c1NCCCOc1cccc(C)c1. The summed E-state index contributed by atoms with van der Waals surface area (Å²) in [6, 6.07) is 13.1. The van der Waals surface area contributed by atoms with Gasteiger partial charge in [-0.05, 0) is 43.2 Å². The number of carbonyl (C=O) groups is 1. The summed E-state index contributed by atoms with van der Waals surface area (Å²) in [5.74, 6) is 0.448. The first kappa shape index (κ1) is 17.2. The average molecular weight is 334 g/mol.